The maximum atomic E-state index is 12.6. The summed E-state index contributed by atoms with van der Waals surface area (Å²) in [5.74, 6) is 2.00. The fourth-order valence-electron chi connectivity index (χ4n) is 3.67. The number of aromatic nitrogens is 2. The summed E-state index contributed by atoms with van der Waals surface area (Å²) in [6, 6.07) is -0.149. The molecular weight excluding hydrogens is 334 g/mol. The van der Waals surface area contributed by atoms with Crippen molar-refractivity contribution < 1.29 is 14.1 Å². The Bertz CT molecular complexity index is 571. The Morgan fingerprint density at radius 2 is 2.12 bits per heavy atom. The van der Waals surface area contributed by atoms with Gasteiger partial charge in [0.2, 0.25) is 5.89 Å². The SMILES string of the molecule is COCCc1noc([C@@H]2CCCN2C(=O)NCCN2CCC(C)CC2)n1. The number of nitrogens with zero attached hydrogens (tertiary/aromatic N) is 4. The van der Waals surface area contributed by atoms with Gasteiger partial charge in [-0.1, -0.05) is 12.1 Å². The molecule has 0 aromatic carbocycles. The van der Waals surface area contributed by atoms with Gasteiger partial charge in [-0.3, -0.25) is 0 Å². The van der Waals surface area contributed by atoms with Crippen LogP contribution in [0.4, 0.5) is 4.79 Å². The van der Waals surface area contributed by atoms with Crippen LogP contribution in [-0.4, -0.2) is 72.4 Å². The molecule has 0 unspecified atom stereocenters. The van der Waals surface area contributed by atoms with E-state index in [2.05, 4.69) is 27.3 Å². The summed E-state index contributed by atoms with van der Waals surface area (Å²) in [6.07, 6.45) is 4.95. The highest BCUT2D eigenvalue weighted by molar-refractivity contribution is 5.74. The molecule has 8 nitrogen and oxygen atoms in total. The van der Waals surface area contributed by atoms with Crippen LogP contribution in [0.3, 0.4) is 0 Å². The molecule has 2 fully saturated rings. The van der Waals surface area contributed by atoms with Crippen LogP contribution in [0, 0.1) is 5.92 Å². The van der Waals surface area contributed by atoms with E-state index in [-0.39, 0.29) is 12.1 Å². The number of piperidine rings is 1. The molecule has 0 bridgehead atoms. The van der Waals surface area contributed by atoms with Crippen LogP contribution in [0.5, 0.6) is 0 Å². The summed E-state index contributed by atoms with van der Waals surface area (Å²) in [5, 5.41) is 7.05. The number of nitrogens with one attached hydrogen (secondary N) is 1. The number of carbonyl (C=O) groups excluding carboxylic acids is 1. The third-order valence-electron chi connectivity index (χ3n) is 5.39. The molecule has 0 radical (unpaired) electrons. The fourth-order valence-corrected chi connectivity index (χ4v) is 3.67. The summed E-state index contributed by atoms with van der Waals surface area (Å²) in [7, 11) is 1.65. The Morgan fingerprint density at radius 1 is 1.31 bits per heavy atom. The topological polar surface area (TPSA) is 83.7 Å². The molecule has 146 valence electrons. The lowest BCUT2D eigenvalue weighted by Gasteiger charge is -2.30. The van der Waals surface area contributed by atoms with Gasteiger partial charge in [-0.25, -0.2) is 4.79 Å². The van der Waals surface area contributed by atoms with Crippen molar-refractivity contribution in [1.82, 2.24) is 25.3 Å². The molecule has 1 atom stereocenters. The van der Waals surface area contributed by atoms with E-state index in [1.54, 1.807) is 7.11 Å². The first kappa shape index (κ1) is 19.1. The predicted octanol–water partition coefficient (Wildman–Crippen LogP) is 1.84. The number of hydrogen-bond acceptors (Lipinski definition) is 6. The van der Waals surface area contributed by atoms with Crippen LogP contribution in [0.25, 0.3) is 0 Å². The highest BCUT2D eigenvalue weighted by Crippen LogP contribution is 2.30. The number of methoxy groups -OCH3 is 1. The molecule has 8 heteroatoms. The summed E-state index contributed by atoms with van der Waals surface area (Å²) >= 11 is 0. The minimum atomic E-state index is -0.116. The Kier molecular flexibility index (Phi) is 6.85. The van der Waals surface area contributed by atoms with Gasteiger partial charge in [-0.2, -0.15) is 4.98 Å². The minimum Gasteiger partial charge on any atom is -0.384 e. The van der Waals surface area contributed by atoms with E-state index < -0.39 is 0 Å². The van der Waals surface area contributed by atoms with Gasteiger partial charge < -0.3 is 24.4 Å². The van der Waals surface area contributed by atoms with Gasteiger partial charge >= 0.3 is 6.03 Å². The molecule has 26 heavy (non-hydrogen) atoms. The van der Waals surface area contributed by atoms with Crippen LogP contribution >= 0.6 is 0 Å². The smallest absolute Gasteiger partial charge is 0.318 e. The normalized spacial score (nSPS) is 22.1. The zero-order valence-corrected chi connectivity index (χ0v) is 15.9. The van der Waals surface area contributed by atoms with Crippen LogP contribution in [0.2, 0.25) is 0 Å². The highest BCUT2D eigenvalue weighted by Gasteiger charge is 2.34. The lowest BCUT2D eigenvalue weighted by atomic mass is 9.99. The molecule has 0 spiro atoms. The third-order valence-corrected chi connectivity index (χ3v) is 5.39. The molecule has 1 aromatic rings. The molecule has 2 amide bonds. The molecular formula is C18H31N5O3. The lowest BCUT2D eigenvalue weighted by Crippen LogP contribution is -2.44. The summed E-state index contributed by atoms with van der Waals surface area (Å²) in [6.45, 7) is 7.46. The van der Waals surface area contributed by atoms with Crippen molar-refractivity contribution in [2.45, 2.75) is 45.1 Å². The molecule has 2 aliphatic heterocycles. The van der Waals surface area contributed by atoms with Gasteiger partial charge in [0.05, 0.1) is 6.61 Å². The van der Waals surface area contributed by atoms with Crippen molar-refractivity contribution in [3.63, 3.8) is 0 Å². The second-order valence-electron chi connectivity index (χ2n) is 7.40. The second kappa shape index (κ2) is 9.32. The number of amides is 2. The standard InChI is InChI=1S/C18H31N5O3/c1-14-5-10-22(11-6-14)12-8-19-18(24)23-9-3-4-15(23)17-20-16(21-26-17)7-13-25-2/h14-15H,3-13H2,1-2H3,(H,19,24)/t15-/m0/s1. The largest absolute Gasteiger partial charge is 0.384 e. The van der Waals surface area contributed by atoms with E-state index in [4.69, 9.17) is 9.26 Å². The fraction of sp³-hybridized carbons (Fsp3) is 0.833. The molecule has 2 saturated heterocycles. The molecule has 1 aromatic heterocycles. The average Bonchev–Trinajstić information content (AvgIpc) is 3.30. The second-order valence-corrected chi connectivity index (χ2v) is 7.40. The van der Waals surface area contributed by atoms with Crippen molar-refractivity contribution in [3.8, 4) is 0 Å². The van der Waals surface area contributed by atoms with E-state index in [9.17, 15) is 4.79 Å². The highest BCUT2D eigenvalue weighted by atomic mass is 16.5. The Labute approximate surface area is 155 Å². The van der Waals surface area contributed by atoms with Crippen molar-refractivity contribution in [2.75, 3.05) is 46.4 Å². The Balaban J connectivity index is 1.46. The zero-order valence-electron chi connectivity index (χ0n) is 15.9. The number of urea groups is 1. The van der Waals surface area contributed by atoms with Gasteiger partial charge in [0.15, 0.2) is 5.82 Å². The third kappa shape index (κ3) is 4.94. The number of rotatable bonds is 7. The van der Waals surface area contributed by atoms with Crippen LogP contribution in [-0.2, 0) is 11.2 Å². The molecule has 1 N–H and O–H groups in total. The molecule has 0 aliphatic carbocycles. The maximum Gasteiger partial charge on any atom is 0.318 e. The first-order chi connectivity index (χ1) is 12.7. The first-order valence-corrected chi connectivity index (χ1v) is 9.75. The van der Waals surface area contributed by atoms with E-state index in [0.717, 1.165) is 44.9 Å². The van der Waals surface area contributed by atoms with Crippen molar-refractivity contribution in [1.29, 1.82) is 0 Å². The summed E-state index contributed by atoms with van der Waals surface area (Å²) < 4.78 is 10.4. The first-order valence-electron chi connectivity index (χ1n) is 9.75. The number of likely N-dealkylation sites (tertiary alicyclic amines) is 2. The van der Waals surface area contributed by atoms with Gasteiger partial charge in [0, 0.05) is 33.2 Å². The van der Waals surface area contributed by atoms with E-state index >= 15 is 0 Å². The number of hydrogen-bond donors (Lipinski definition) is 1. The quantitative estimate of drug-likeness (QED) is 0.794. The van der Waals surface area contributed by atoms with Crippen LogP contribution in [0.1, 0.15) is 50.4 Å². The Hall–Kier alpha value is -1.67. The number of carbonyl (C=O) groups is 1. The molecule has 3 rings (SSSR count). The summed E-state index contributed by atoms with van der Waals surface area (Å²) in [5.41, 5.74) is 0. The summed E-state index contributed by atoms with van der Waals surface area (Å²) in [4.78, 5) is 21.3. The van der Waals surface area contributed by atoms with Gasteiger partial charge in [-0.05, 0) is 44.7 Å². The van der Waals surface area contributed by atoms with E-state index in [1.165, 1.54) is 12.8 Å². The monoisotopic (exact) mass is 365 g/mol. The van der Waals surface area contributed by atoms with Crippen LogP contribution in [0.15, 0.2) is 4.52 Å². The van der Waals surface area contributed by atoms with Crippen molar-refractivity contribution in [3.05, 3.63) is 11.7 Å². The molecule has 0 saturated carbocycles. The molecule has 3 heterocycles. The van der Waals surface area contributed by atoms with Gasteiger partial charge in [0.1, 0.15) is 6.04 Å². The van der Waals surface area contributed by atoms with Crippen LogP contribution < -0.4 is 5.32 Å². The predicted molar refractivity (Wildman–Crippen MR) is 96.8 cm³/mol. The van der Waals surface area contributed by atoms with Crippen molar-refractivity contribution >= 4 is 6.03 Å². The van der Waals surface area contributed by atoms with Gasteiger partial charge in [-0.15, -0.1) is 0 Å². The lowest BCUT2D eigenvalue weighted by molar-refractivity contribution is 0.171. The minimum absolute atomic E-state index is 0.0329. The van der Waals surface area contributed by atoms with Gasteiger partial charge in [0.25, 0.3) is 0 Å². The molecule has 2 aliphatic rings. The Morgan fingerprint density at radius 3 is 2.88 bits per heavy atom. The zero-order chi connectivity index (χ0) is 18.4. The number of ether oxygens (including phenoxy) is 1. The average molecular weight is 365 g/mol. The van der Waals surface area contributed by atoms with E-state index in [0.29, 0.717) is 31.3 Å². The maximum absolute atomic E-state index is 12.6. The van der Waals surface area contributed by atoms with Crippen molar-refractivity contribution in [2.24, 2.45) is 5.92 Å². The van der Waals surface area contributed by atoms with E-state index in [1.807, 2.05) is 4.90 Å².